The minimum Gasteiger partial charge on any atom is -0.505 e. The van der Waals surface area contributed by atoms with Crippen molar-refractivity contribution in [1.29, 1.82) is 0 Å². The van der Waals surface area contributed by atoms with Crippen molar-refractivity contribution in [3.05, 3.63) is 35.6 Å². The molecular weight excluding hydrogens is 298 g/mol. The van der Waals surface area contributed by atoms with E-state index in [0.29, 0.717) is 0 Å². The Hall–Kier alpha value is -2.48. The summed E-state index contributed by atoms with van der Waals surface area (Å²) in [6.45, 7) is 1.49. The highest BCUT2D eigenvalue weighted by atomic mass is 32.2. The van der Waals surface area contributed by atoms with Gasteiger partial charge in [0.15, 0.2) is 5.75 Å². The summed E-state index contributed by atoms with van der Waals surface area (Å²) in [6, 6.07) is 5.66. The first-order chi connectivity index (χ1) is 9.69. The zero-order valence-electron chi connectivity index (χ0n) is 11.2. The molecule has 0 spiro atoms. The molecule has 0 aliphatic carbocycles. The second-order valence-electron chi connectivity index (χ2n) is 4.46. The van der Waals surface area contributed by atoms with Crippen LogP contribution in [0, 0.1) is 6.92 Å². The van der Waals surface area contributed by atoms with Gasteiger partial charge in [-0.1, -0.05) is 6.07 Å². The average molecular weight is 311 g/mol. The number of nitrogens with one attached hydrogen (secondary N) is 1. The second-order valence-corrected chi connectivity index (χ2v) is 6.21. The number of furan rings is 1. The minimum atomic E-state index is -3.55. The van der Waals surface area contributed by atoms with Crippen LogP contribution in [-0.4, -0.2) is 30.9 Å². The highest BCUT2D eigenvalue weighted by Crippen LogP contribution is 2.37. The van der Waals surface area contributed by atoms with Gasteiger partial charge in [-0.3, -0.25) is 4.72 Å². The van der Waals surface area contributed by atoms with Gasteiger partial charge in [-0.15, -0.1) is 0 Å². The number of sulfonamides is 1. The standard InChI is InChI=1S/C13H13NO6S/c1-7-9(13(16)17)6-11(20-7)8-4-3-5-10(12(8)15)14-21(2,18)19/h3-6,14-15H,1-2H3,(H,16,17). The number of phenols is 1. The van der Waals surface area contributed by atoms with E-state index in [1.54, 1.807) is 0 Å². The number of carbonyl (C=O) groups is 1. The number of anilines is 1. The van der Waals surface area contributed by atoms with Crippen LogP contribution in [0.4, 0.5) is 5.69 Å². The molecule has 0 saturated carbocycles. The van der Waals surface area contributed by atoms with Crippen LogP contribution >= 0.6 is 0 Å². The van der Waals surface area contributed by atoms with Gasteiger partial charge in [0.05, 0.1) is 17.5 Å². The van der Waals surface area contributed by atoms with Crippen molar-refractivity contribution in [1.82, 2.24) is 0 Å². The maximum Gasteiger partial charge on any atom is 0.339 e. The fourth-order valence-electron chi connectivity index (χ4n) is 1.85. The lowest BCUT2D eigenvalue weighted by Crippen LogP contribution is -2.09. The van der Waals surface area contributed by atoms with E-state index in [9.17, 15) is 18.3 Å². The zero-order valence-corrected chi connectivity index (χ0v) is 12.1. The molecule has 0 aliphatic heterocycles. The first-order valence-electron chi connectivity index (χ1n) is 5.83. The van der Waals surface area contributed by atoms with Crippen LogP contribution in [-0.2, 0) is 10.0 Å². The Morgan fingerprint density at radius 3 is 2.52 bits per heavy atom. The van der Waals surface area contributed by atoms with Gasteiger partial charge in [0, 0.05) is 0 Å². The predicted molar refractivity (Wildman–Crippen MR) is 76.0 cm³/mol. The summed E-state index contributed by atoms with van der Waals surface area (Å²) in [7, 11) is -3.55. The number of hydrogen-bond donors (Lipinski definition) is 3. The van der Waals surface area contributed by atoms with Crippen molar-refractivity contribution < 1.29 is 27.8 Å². The summed E-state index contributed by atoms with van der Waals surface area (Å²) < 4.78 is 29.9. The molecule has 0 aliphatic rings. The maximum atomic E-state index is 11.2. The van der Waals surface area contributed by atoms with Gasteiger partial charge in [0.25, 0.3) is 0 Å². The molecule has 0 unspecified atom stereocenters. The smallest absolute Gasteiger partial charge is 0.339 e. The maximum absolute atomic E-state index is 11.2. The van der Waals surface area contributed by atoms with E-state index in [0.717, 1.165) is 6.26 Å². The summed E-state index contributed by atoms with van der Waals surface area (Å²) >= 11 is 0. The van der Waals surface area contributed by atoms with Crippen LogP contribution in [0.2, 0.25) is 0 Å². The van der Waals surface area contributed by atoms with Gasteiger partial charge >= 0.3 is 5.97 Å². The van der Waals surface area contributed by atoms with Crippen molar-refractivity contribution in [3.63, 3.8) is 0 Å². The summed E-state index contributed by atoms with van der Waals surface area (Å²) in [4.78, 5) is 11.0. The Morgan fingerprint density at radius 1 is 1.33 bits per heavy atom. The van der Waals surface area contributed by atoms with Crippen LogP contribution in [0.3, 0.4) is 0 Å². The molecule has 3 N–H and O–H groups in total. The summed E-state index contributed by atoms with van der Waals surface area (Å²) in [5.41, 5.74) is 0.158. The fourth-order valence-corrected chi connectivity index (χ4v) is 2.42. The van der Waals surface area contributed by atoms with E-state index in [4.69, 9.17) is 9.52 Å². The number of aryl methyl sites for hydroxylation is 1. The summed E-state index contributed by atoms with van der Waals surface area (Å²) in [6.07, 6.45) is 0.957. The SMILES string of the molecule is Cc1oc(-c2cccc(NS(C)(=O)=O)c2O)cc1C(=O)O. The third kappa shape index (κ3) is 3.16. The molecule has 8 heteroatoms. The first-order valence-corrected chi connectivity index (χ1v) is 7.72. The van der Waals surface area contributed by atoms with Crippen LogP contribution in [0.5, 0.6) is 5.75 Å². The Bertz CT molecular complexity index is 806. The zero-order chi connectivity index (χ0) is 15.8. The monoisotopic (exact) mass is 311 g/mol. The fraction of sp³-hybridized carbons (Fsp3) is 0.154. The van der Waals surface area contributed by atoms with Gasteiger partial charge in [-0.25, -0.2) is 13.2 Å². The van der Waals surface area contributed by atoms with Crippen molar-refractivity contribution >= 4 is 21.7 Å². The normalized spacial score (nSPS) is 11.3. The molecule has 1 heterocycles. The number of carboxylic acids is 1. The third-order valence-corrected chi connectivity index (χ3v) is 3.34. The Morgan fingerprint density at radius 2 is 2.00 bits per heavy atom. The molecule has 7 nitrogen and oxygen atoms in total. The first kappa shape index (κ1) is 14.9. The molecule has 0 radical (unpaired) electrons. The van der Waals surface area contributed by atoms with E-state index < -0.39 is 16.0 Å². The molecule has 1 aromatic heterocycles. The Balaban J connectivity index is 2.53. The highest BCUT2D eigenvalue weighted by molar-refractivity contribution is 7.92. The number of hydrogen-bond acceptors (Lipinski definition) is 5. The van der Waals surface area contributed by atoms with Gasteiger partial charge in [-0.2, -0.15) is 0 Å². The number of para-hydroxylation sites is 1. The molecule has 0 saturated heterocycles. The van der Waals surface area contributed by atoms with E-state index in [-0.39, 0.29) is 34.1 Å². The number of carboxylic acid groups (broad SMARTS) is 1. The lowest BCUT2D eigenvalue weighted by molar-refractivity contribution is 0.0695. The van der Waals surface area contributed by atoms with Gasteiger partial charge in [-0.05, 0) is 25.1 Å². The van der Waals surface area contributed by atoms with Crippen molar-refractivity contribution in [2.24, 2.45) is 0 Å². The summed E-state index contributed by atoms with van der Waals surface area (Å²) in [5, 5.41) is 19.1. The molecule has 0 fully saturated rings. The van der Waals surface area contributed by atoms with Crippen LogP contribution in [0.25, 0.3) is 11.3 Å². The summed E-state index contributed by atoms with van der Waals surface area (Å²) in [5.74, 6) is -1.15. The highest BCUT2D eigenvalue weighted by Gasteiger charge is 2.19. The van der Waals surface area contributed by atoms with Crippen molar-refractivity contribution in [2.75, 3.05) is 11.0 Å². The lowest BCUT2D eigenvalue weighted by Gasteiger charge is -2.09. The molecule has 0 amide bonds. The second kappa shape index (κ2) is 5.13. The molecular formula is C13H13NO6S. The quantitative estimate of drug-likeness (QED) is 0.744. The molecule has 1 aromatic carbocycles. The lowest BCUT2D eigenvalue weighted by atomic mass is 10.1. The topological polar surface area (TPSA) is 117 Å². The minimum absolute atomic E-state index is 0.0130. The number of phenolic OH excluding ortho intramolecular Hbond substituents is 1. The number of aromatic hydroxyl groups is 1. The number of aromatic carboxylic acids is 1. The van der Waals surface area contributed by atoms with Gasteiger partial charge in [0.1, 0.15) is 17.1 Å². The van der Waals surface area contributed by atoms with Gasteiger partial charge in [0.2, 0.25) is 10.0 Å². The molecule has 0 atom stereocenters. The Kier molecular flexibility index (Phi) is 3.65. The molecule has 2 aromatic rings. The number of rotatable bonds is 4. The van der Waals surface area contributed by atoms with E-state index in [1.165, 1.54) is 31.2 Å². The molecule has 112 valence electrons. The third-order valence-electron chi connectivity index (χ3n) is 2.75. The molecule has 21 heavy (non-hydrogen) atoms. The largest absolute Gasteiger partial charge is 0.505 e. The number of benzene rings is 1. The van der Waals surface area contributed by atoms with E-state index in [2.05, 4.69) is 4.72 Å². The Labute approximate surface area is 120 Å². The van der Waals surface area contributed by atoms with Crippen LogP contribution < -0.4 is 4.72 Å². The molecule has 0 bridgehead atoms. The van der Waals surface area contributed by atoms with Crippen LogP contribution in [0.15, 0.2) is 28.7 Å². The predicted octanol–water partition coefficient (Wildman–Crippen LogP) is 2.03. The van der Waals surface area contributed by atoms with Crippen molar-refractivity contribution in [2.45, 2.75) is 6.92 Å². The average Bonchev–Trinajstić information content (AvgIpc) is 2.72. The van der Waals surface area contributed by atoms with E-state index in [1.807, 2.05) is 0 Å². The van der Waals surface area contributed by atoms with Crippen LogP contribution in [0.1, 0.15) is 16.1 Å². The van der Waals surface area contributed by atoms with Gasteiger partial charge < -0.3 is 14.6 Å². The van der Waals surface area contributed by atoms with Crippen molar-refractivity contribution in [3.8, 4) is 17.1 Å². The van der Waals surface area contributed by atoms with E-state index >= 15 is 0 Å². The molecule has 2 rings (SSSR count).